The third-order valence-corrected chi connectivity index (χ3v) is 4.09. The quantitative estimate of drug-likeness (QED) is 0.811. The minimum absolute atomic E-state index is 0.516. The Kier molecular flexibility index (Phi) is 2.62. The molecule has 1 fully saturated rings. The predicted octanol–water partition coefficient (Wildman–Crippen LogP) is 4.21. The molecular formula is C13H9ClN2S. The molecule has 0 N–H and O–H groups in total. The van der Waals surface area contributed by atoms with Crippen molar-refractivity contribution in [3.8, 4) is 16.6 Å². The molecule has 0 spiro atoms. The van der Waals surface area contributed by atoms with Gasteiger partial charge in [0, 0.05) is 16.5 Å². The zero-order valence-electron chi connectivity index (χ0n) is 8.98. The highest BCUT2D eigenvalue weighted by Crippen LogP contribution is 2.43. The maximum absolute atomic E-state index is 9.10. The Morgan fingerprint density at radius 1 is 1.29 bits per heavy atom. The smallest absolute Gasteiger partial charge is 0.128 e. The van der Waals surface area contributed by atoms with Gasteiger partial charge in [-0.05, 0) is 25.0 Å². The summed E-state index contributed by atoms with van der Waals surface area (Å²) in [5.41, 5.74) is 2.02. The minimum Gasteiger partial charge on any atom is -0.239 e. The molecule has 3 rings (SSSR count). The Bertz CT molecular complexity index is 591. The summed E-state index contributed by atoms with van der Waals surface area (Å²) in [6.07, 6.45) is 2.33. The monoisotopic (exact) mass is 260 g/mol. The van der Waals surface area contributed by atoms with Crippen LogP contribution < -0.4 is 0 Å². The van der Waals surface area contributed by atoms with Gasteiger partial charge in [-0.3, -0.25) is 0 Å². The van der Waals surface area contributed by atoms with Crippen LogP contribution in [0.3, 0.4) is 0 Å². The zero-order valence-corrected chi connectivity index (χ0v) is 10.6. The first-order valence-electron chi connectivity index (χ1n) is 5.44. The molecule has 1 aromatic heterocycles. The highest BCUT2D eigenvalue weighted by molar-refractivity contribution is 7.15. The van der Waals surface area contributed by atoms with Crippen molar-refractivity contribution in [3.05, 3.63) is 39.9 Å². The Hall–Kier alpha value is -1.37. The van der Waals surface area contributed by atoms with Crippen LogP contribution in [-0.2, 0) is 0 Å². The van der Waals surface area contributed by atoms with Crippen LogP contribution in [0, 0.1) is 11.3 Å². The molecule has 2 aromatic rings. The van der Waals surface area contributed by atoms with E-state index in [4.69, 9.17) is 16.9 Å². The van der Waals surface area contributed by atoms with Crippen molar-refractivity contribution in [1.29, 1.82) is 5.26 Å². The van der Waals surface area contributed by atoms with Gasteiger partial charge >= 0.3 is 0 Å². The summed E-state index contributed by atoms with van der Waals surface area (Å²) in [6, 6.07) is 9.83. The first kappa shape index (κ1) is 10.8. The van der Waals surface area contributed by atoms with Crippen LogP contribution in [0.4, 0.5) is 0 Å². The van der Waals surface area contributed by atoms with Gasteiger partial charge in [-0.1, -0.05) is 23.7 Å². The van der Waals surface area contributed by atoms with Gasteiger partial charge < -0.3 is 0 Å². The third-order valence-electron chi connectivity index (χ3n) is 2.81. The SMILES string of the molecule is N#Cc1sc(-c2ccc(Cl)cc2)nc1C1CC1. The number of halogens is 1. The van der Waals surface area contributed by atoms with E-state index in [1.807, 2.05) is 24.3 Å². The van der Waals surface area contributed by atoms with Crippen LogP contribution in [0.15, 0.2) is 24.3 Å². The van der Waals surface area contributed by atoms with Crippen LogP contribution in [0.25, 0.3) is 10.6 Å². The fourth-order valence-electron chi connectivity index (χ4n) is 1.76. The second-order valence-corrected chi connectivity index (χ2v) is 5.56. The van der Waals surface area contributed by atoms with E-state index in [-0.39, 0.29) is 0 Å². The van der Waals surface area contributed by atoms with Gasteiger partial charge in [0.1, 0.15) is 16.0 Å². The molecule has 0 radical (unpaired) electrons. The molecule has 0 atom stereocenters. The van der Waals surface area contributed by atoms with E-state index >= 15 is 0 Å². The molecule has 1 saturated carbocycles. The summed E-state index contributed by atoms with van der Waals surface area (Å²) < 4.78 is 0. The summed E-state index contributed by atoms with van der Waals surface area (Å²) in [7, 11) is 0. The maximum atomic E-state index is 9.10. The molecule has 0 amide bonds. The average Bonchev–Trinajstić information content (AvgIpc) is 3.10. The first-order valence-corrected chi connectivity index (χ1v) is 6.64. The van der Waals surface area contributed by atoms with Gasteiger partial charge in [0.2, 0.25) is 0 Å². The van der Waals surface area contributed by atoms with Gasteiger partial charge in [-0.2, -0.15) is 5.26 Å². The zero-order chi connectivity index (χ0) is 11.8. The summed E-state index contributed by atoms with van der Waals surface area (Å²) in [4.78, 5) is 5.36. The van der Waals surface area contributed by atoms with Crippen LogP contribution in [0.2, 0.25) is 5.02 Å². The number of nitriles is 1. The Labute approximate surface area is 108 Å². The molecule has 1 heterocycles. The van der Waals surface area contributed by atoms with Crippen molar-refractivity contribution in [2.45, 2.75) is 18.8 Å². The Morgan fingerprint density at radius 3 is 2.59 bits per heavy atom. The fourth-order valence-corrected chi connectivity index (χ4v) is 2.84. The number of aromatic nitrogens is 1. The summed E-state index contributed by atoms with van der Waals surface area (Å²) in [5, 5.41) is 10.7. The molecular weight excluding hydrogens is 252 g/mol. The normalized spacial score (nSPS) is 14.6. The number of hydrogen-bond donors (Lipinski definition) is 0. The molecule has 17 heavy (non-hydrogen) atoms. The lowest BCUT2D eigenvalue weighted by molar-refractivity contribution is 1.04. The number of rotatable bonds is 2. The van der Waals surface area contributed by atoms with Crippen molar-refractivity contribution in [2.24, 2.45) is 0 Å². The van der Waals surface area contributed by atoms with E-state index in [2.05, 4.69) is 11.1 Å². The molecule has 0 aliphatic heterocycles. The lowest BCUT2D eigenvalue weighted by Crippen LogP contribution is -1.83. The van der Waals surface area contributed by atoms with Crippen molar-refractivity contribution >= 4 is 22.9 Å². The van der Waals surface area contributed by atoms with Gasteiger partial charge in [-0.15, -0.1) is 11.3 Å². The van der Waals surface area contributed by atoms with Gasteiger partial charge in [-0.25, -0.2) is 4.98 Å². The van der Waals surface area contributed by atoms with Crippen LogP contribution in [0.5, 0.6) is 0 Å². The van der Waals surface area contributed by atoms with E-state index in [9.17, 15) is 0 Å². The molecule has 1 aliphatic rings. The van der Waals surface area contributed by atoms with Crippen molar-refractivity contribution in [3.63, 3.8) is 0 Å². The van der Waals surface area contributed by atoms with Crippen LogP contribution >= 0.6 is 22.9 Å². The second kappa shape index (κ2) is 4.14. The predicted molar refractivity (Wildman–Crippen MR) is 69.3 cm³/mol. The maximum Gasteiger partial charge on any atom is 0.128 e. The lowest BCUT2D eigenvalue weighted by Gasteiger charge is -1.95. The highest BCUT2D eigenvalue weighted by Gasteiger charge is 2.29. The first-order chi connectivity index (χ1) is 8.28. The summed E-state index contributed by atoms with van der Waals surface area (Å²) in [6.45, 7) is 0. The second-order valence-electron chi connectivity index (χ2n) is 4.13. The fraction of sp³-hybridized carbons (Fsp3) is 0.231. The molecule has 2 nitrogen and oxygen atoms in total. The number of hydrogen-bond acceptors (Lipinski definition) is 3. The molecule has 1 aliphatic carbocycles. The van der Waals surface area contributed by atoms with Gasteiger partial charge in [0.25, 0.3) is 0 Å². The van der Waals surface area contributed by atoms with Crippen molar-refractivity contribution < 1.29 is 0 Å². The van der Waals surface area contributed by atoms with Crippen LogP contribution in [0.1, 0.15) is 29.3 Å². The van der Waals surface area contributed by atoms with Crippen molar-refractivity contribution in [1.82, 2.24) is 4.98 Å². The number of benzene rings is 1. The molecule has 0 bridgehead atoms. The minimum atomic E-state index is 0.516. The number of nitrogens with zero attached hydrogens (tertiary/aromatic N) is 2. The van der Waals surface area contributed by atoms with Crippen molar-refractivity contribution in [2.75, 3.05) is 0 Å². The molecule has 84 valence electrons. The van der Waals surface area contributed by atoms with Gasteiger partial charge in [0.05, 0.1) is 5.69 Å². The van der Waals surface area contributed by atoms with E-state index in [0.29, 0.717) is 10.9 Å². The standard InChI is InChI=1S/C13H9ClN2S/c14-10-5-3-9(4-6-10)13-16-12(8-1-2-8)11(7-15)17-13/h3-6,8H,1-2H2. The average molecular weight is 261 g/mol. The highest BCUT2D eigenvalue weighted by atomic mass is 35.5. The molecule has 0 saturated heterocycles. The van der Waals surface area contributed by atoms with E-state index in [1.54, 1.807) is 0 Å². The Morgan fingerprint density at radius 2 is 2.00 bits per heavy atom. The van der Waals surface area contributed by atoms with E-state index < -0.39 is 0 Å². The molecule has 1 aromatic carbocycles. The number of thiazole rings is 1. The lowest BCUT2D eigenvalue weighted by atomic mass is 10.2. The largest absolute Gasteiger partial charge is 0.239 e. The van der Waals surface area contributed by atoms with E-state index in [0.717, 1.165) is 21.1 Å². The van der Waals surface area contributed by atoms with Crippen LogP contribution in [-0.4, -0.2) is 4.98 Å². The molecule has 4 heteroatoms. The van der Waals surface area contributed by atoms with E-state index in [1.165, 1.54) is 24.2 Å². The molecule has 0 unspecified atom stereocenters. The third kappa shape index (κ3) is 2.06. The summed E-state index contributed by atoms with van der Waals surface area (Å²) >= 11 is 7.33. The van der Waals surface area contributed by atoms with Gasteiger partial charge in [0.15, 0.2) is 0 Å². The summed E-state index contributed by atoms with van der Waals surface area (Å²) in [5.74, 6) is 0.516. The topological polar surface area (TPSA) is 36.7 Å². The Balaban J connectivity index is 2.03.